The molecule has 0 aliphatic carbocycles. The lowest BCUT2D eigenvalue weighted by molar-refractivity contribution is -0.154. The number of aliphatic hydroxyl groups is 1. The zero-order valence-electron chi connectivity index (χ0n) is 16.5. The van der Waals surface area contributed by atoms with E-state index in [4.69, 9.17) is 4.74 Å². The zero-order chi connectivity index (χ0) is 19.7. The maximum Gasteiger partial charge on any atom is 0.253 e. The van der Waals surface area contributed by atoms with Gasteiger partial charge < -0.3 is 24.5 Å². The van der Waals surface area contributed by atoms with Crippen molar-refractivity contribution in [3.63, 3.8) is 0 Å². The maximum atomic E-state index is 12.9. The number of morpholine rings is 1. The predicted molar refractivity (Wildman–Crippen MR) is 105 cm³/mol. The molecule has 3 aliphatic heterocycles. The van der Waals surface area contributed by atoms with Crippen LogP contribution in [-0.4, -0.2) is 85.8 Å². The molecule has 0 radical (unpaired) electrons. The topological polar surface area (TPSA) is 73.3 Å². The van der Waals surface area contributed by atoms with Crippen LogP contribution < -0.4 is 4.90 Å². The molecule has 28 heavy (non-hydrogen) atoms. The molecule has 7 heteroatoms. The van der Waals surface area contributed by atoms with E-state index in [1.54, 1.807) is 11.9 Å². The first-order chi connectivity index (χ1) is 13.5. The van der Waals surface area contributed by atoms with Crippen LogP contribution in [0, 0.1) is 5.41 Å². The summed E-state index contributed by atoms with van der Waals surface area (Å²) in [4.78, 5) is 31.3. The number of carbonyl (C=O) groups is 2. The van der Waals surface area contributed by atoms with Gasteiger partial charge in [-0.3, -0.25) is 9.59 Å². The summed E-state index contributed by atoms with van der Waals surface area (Å²) in [5.41, 5.74) is 1.28. The minimum atomic E-state index is -0.511. The molecule has 1 atom stereocenters. The van der Waals surface area contributed by atoms with Gasteiger partial charge in [-0.25, -0.2) is 0 Å². The van der Waals surface area contributed by atoms with E-state index in [2.05, 4.69) is 4.90 Å². The van der Waals surface area contributed by atoms with E-state index in [1.165, 1.54) is 0 Å². The SMILES string of the molecule is CN1CC(O)CC2(CCN(C(=O)c3ccc(N4CCOCC4)cc3)CC2)C1=O. The number of ether oxygens (including phenoxy) is 1. The van der Waals surface area contributed by atoms with Gasteiger partial charge in [0, 0.05) is 51.0 Å². The molecule has 0 aromatic heterocycles. The second-order valence-corrected chi connectivity index (χ2v) is 8.26. The number of amides is 2. The lowest BCUT2D eigenvalue weighted by atomic mass is 9.71. The third-order valence-corrected chi connectivity index (χ3v) is 6.41. The number of β-amino-alcohol motifs (C(OH)–C–C–N with tert-alkyl or cyclic N) is 1. The number of anilines is 1. The molecule has 4 rings (SSSR count). The number of carbonyl (C=O) groups excluding carboxylic acids is 2. The summed E-state index contributed by atoms with van der Waals surface area (Å²) in [7, 11) is 1.75. The van der Waals surface area contributed by atoms with Crippen molar-refractivity contribution >= 4 is 17.5 Å². The summed E-state index contributed by atoms with van der Waals surface area (Å²) < 4.78 is 5.39. The maximum absolute atomic E-state index is 12.9. The van der Waals surface area contributed by atoms with Gasteiger partial charge in [0.05, 0.1) is 24.7 Å². The van der Waals surface area contributed by atoms with Crippen molar-refractivity contribution in [1.82, 2.24) is 9.80 Å². The van der Waals surface area contributed by atoms with Gasteiger partial charge in [0.25, 0.3) is 5.91 Å². The average molecular weight is 387 g/mol. The Hall–Kier alpha value is -2.12. The Kier molecular flexibility index (Phi) is 5.29. The summed E-state index contributed by atoms with van der Waals surface area (Å²) in [6, 6.07) is 7.78. The Morgan fingerprint density at radius 1 is 1.11 bits per heavy atom. The number of aliphatic hydroxyl groups excluding tert-OH is 1. The number of benzene rings is 1. The van der Waals surface area contributed by atoms with Gasteiger partial charge in [-0.1, -0.05) is 0 Å². The van der Waals surface area contributed by atoms with Crippen LogP contribution in [0.2, 0.25) is 0 Å². The molecule has 1 aromatic rings. The number of hydrogen-bond acceptors (Lipinski definition) is 5. The van der Waals surface area contributed by atoms with Gasteiger partial charge in [0.1, 0.15) is 0 Å². The van der Waals surface area contributed by atoms with Gasteiger partial charge in [-0.15, -0.1) is 0 Å². The third kappa shape index (κ3) is 3.61. The molecule has 3 heterocycles. The van der Waals surface area contributed by atoms with E-state index >= 15 is 0 Å². The van der Waals surface area contributed by atoms with E-state index in [0.717, 1.165) is 32.0 Å². The quantitative estimate of drug-likeness (QED) is 0.819. The van der Waals surface area contributed by atoms with Crippen LogP contribution in [0.1, 0.15) is 29.6 Å². The summed E-state index contributed by atoms with van der Waals surface area (Å²) in [6.45, 7) is 4.72. The summed E-state index contributed by atoms with van der Waals surface area (Å²) >= 11 is 0. The number of nitrogens with zero attached hydrogens (tertiary/aromatic N) is 3. The van der Waals surface area contributed by atoms with Crippen molar-refractivity contribution in [3.05, 3.63) is 29.8 Å². The fraction of sp³-hybridized carbons (Fsp3) is 0.619. The van der Waals surface area contributed by atoms with Crippen molar-refractivity contribution < 1.29 is 19.4 Å². The van der Waals surface area contributed by atoms with E-state index in [-0.39, 0.29) is 11.8 Å². The monoisotopic (exact) mass is 387 g/mol. The molecule has 3 fully saturated rings. The smallest absolute Gasteiger partial charge is 0.253 e. The molecular formula is C21H29N3O4. The highest BCUT2D eigenvalue weighted by molar-refractivity contribution is 5.95. The van der Waals surface area contributed by atoms with Crippen LogP contribution in [0.5, 0.6) is 0 Å². The molecule has 0 bridgehead atoms. The molecule has 3 aliphatic rings. The van der Waals surface area contributed by atoms with Crippen molar-refractivity contribution in [2.24, 2.45) is 5.41 Å². The Morgan fingerprint density at radius 2 is 1.75 bits per heavy atom. The van der Waals surface area contributed by atoms with Crippen molar-refractivity contribution in [2.75, 3.05) is 57.9 Å². The molecule has 7 nitrogen and oxygen atoms in total. The van der Waals surface area contributed by atoms with Crippen molar-refractivity contribution in [3.8, 4) is 0 Å². The fourth-order valence-corrected chi connectivity index (χ4v) is 4.78. The van der Waals surface area contributed by atoms with Crippen LogP contribution in [-0.2, 0) is 9.53 Å². The van der Waals surface area contributed by atoms with Gasteiger partial charge in [-0.2, -0.15) is 0 Å². The Labute approximate surface area is 165 Å². The minimum absolute atomic E-state index is 0.0144. The van der Waals surface area contributed by atoms with E-state index in [0.29, 0.717) is 44.5 Å². The standard InChI is InChI=1S/C21H29N3O4/c1-22-15-18(25)14-21(20(22)27)6-8-24(9-7-21)19(26)16-2-4-17(5-3-16)23-10-12-28-13-11-23/h2-5,18,25H,6-15H2,1H3. The number of piperidine rings is 2. The van der Waals surface area contributed by atoms with E-state index in [1.807, 2.05) is 29.2 Å². The minimum Gasteiger partial charge on any atom is -0.391 e. The van der Waals surface area contributed by atoms with Crippen molar-refractivity contribution in [1.29, 1.82) is 0 Å². The number of hydrogen-bond donors (Lipinski definition) is 1. The second kappa shape index (κ2) is 7.72. The number of rotatable bonds is 2. The first-order valence-electron chi connectivity index (χ1n) is 10.1. The lowest BCUT2D eigenvalue weighted by Crippen LogP contribution is -2.56. The van der Waals surface area contributed by atoms with Crippen LogP contribution in [0.25, 0.3) is 0 Å². The predicted octanol–water partition coefficient (Wildman–Crippen LogP) is 0.969. The molecular weight excluding hydrogens is 358 g/mol. The largest absolute Gasteiger partial charge is 0.391 e. The van der Waals surface area contributed by atoms with Gasteiger partial charge in [0.2, 0.25) is 5.91 Å². The van der Waals surface area contributed by atoms with E-state index < -0.39 is 11.5 Å². The van der Waals surface area contributed by atoms with Crippen LogP contribution in [0.15, 0.2) is 24.3 Å². The Bertz CT molecular complexity index is 722. The highest BCUT2D eigenvalue weighted by Gasteiger charge is 2.47. The van der Waals surface area contributed by atoms with Crippen LogP contribution >= 0.6 is 0 Å². The number of likely N-dealkylation sites (tertiary alicyclic amines) is 2. The zero-order valence-corrected chi connectivity index (χ0v) is 16.5. The summed E-state index contributed by atoms with van der Waals surface area (Å²) in [5, 5.41) is 10.1. The Balaban J connectivity index is 1.39. The van der Waals surface area contributed by atoms with E-state index in [9.17, 15) is 14.7 Å². The van der Waals surface area contributed by atoms with Gasteiger partial charge in [0.15, 0.2) is 0 Å². The first-order valence-corrected chi connectivity index (χ1v) is 10.1. The summed E-state index contributed by atoms with van der Waals surface area (Å²) in [5.74, 6) is 0.125. The average Bonchev–Trinajstić information content (AvgIpc) is 2.73. The Morgan fingerprint density at radius 3 is 2.39 bits per heavy atom. The van der Waals surface area contributed by atoms with Gasteiger partial charge >= 0.3 is 0 Å². The molecule has 3 saturated heterocycles. The van der Waals surface area contributed by atoms with Gasteiger partial charge in [-0.05, 0) is 43.5 Å². The van der Waals surface area contributed by atoms with Crippen molar-refractivity contribution in [2.45, 2.75) is 25.4 Å². The first kappa shape index (κ1) is 19.2. The molecule has 0 saturated carbocycles. The fourth-order valence-electron chi connectivity index (χ4n) is 4.78. The molecule has 1 N–H and O–H groups in total. The molecule has 1 aromatic carbocycles. The normalized spacial score (nSPS) is 25.3. The molecule has 2 amide bonds. The highest BCUT2D eigenvalue weighted by Crippen LogP contribution is 2.40. The summed E-state index contributed by atoms with van der Waals surface area (Å²) in [6.07, 6.45) is 1.26. The second-order valence-electron chi connectivity index (χ2n) is 8.26. The van der Waals surface area contributed by atoms with Crippen LogP contribution in [0.3, 0.4) is 0 Å². The highest BCUT2D eigenvalue weighted by atomic mass is 16.5. The lowest BCUT2D eigenvalue weighted by Gasteiger charge is -2.47. The number of likely N-dealkylation sites (N-methyl/N-ethyl adjacent to an activating group) is 1. The molecule has 1 spiro atoms. The van der Waals surface area contributed by atoms with Crippen LogP contribution in [0.4, 0.5) is 5.69 Å². The molecule has 152 valence electrons. The third-order valence-electron chi connectivity index (χ3n) is 6.41. The molecule has 1 unspecified atom stereocenters.